The van der Waals surface area contributed by atoms with E-state index in [1.165, 1.54) is 19.3 Å². The summed E-state index contributed by atoms with van der Waals surface area (Å²) in [5.41, 5.74) is 1.70. The van der Waals surface area contributed by atoms with Crippen molar-refractivity contribution in [2.24, 2.45) is 11.8 Å². The summed E-state index contributed by atoms with van der Waals surface area (Å²) in [5.74, 6) is 2.76. The molecule has 0 amide bonds. The predicted molar refractivity (Wildman–Crippen MR) is 130 cm³/mol. The van der Waals surface area contributed by atoms with Gasteiger partial charge in [0.05, 0.1) is 16.7 Å². The van der Waals surface area contributed by atoms with Gasteiger partial charge in [-0.2, -0.15) is 0 Å². The molecule has 4 aliphatic rings. The highest BCUT2D eigenvalue weighted by Crippen LogP contribution is 2.57. The zero-order valence-electron chi connectivity index (χ0n) is 18.5. The Morgan fingerprint density at radius 2 is 1.88 bits per heavy atom. The first-order valence-electron chi connectivity index (χ1n) is 11.7. The van der Waals surface area contributed by atoms with Crippen molar-refractivity contribution >= 4 is 27.5 Å². The fraction of sp³-hybridized carbons (Fsp3) is 0.538. The molecule has 0 spiro atoms. The zero-order valence-corrected chi connectivity index (χ0v) is 20.8. The Hall–Kier alpha value is -1.27. The van der Waals surface area contributed by atoms with Crippen molar-refractivity contribution in [3.63, 3.8) is 0 Å². The van der Waals surface area contributed by atoms with Gasteiger partial charge in [-0.15, -0.1) is 0 Å². The van der Waals surface area contributed by atoms with E-state index in [0.717, 1.165) is 47.2 Å². The van der Waals surface area contributed by atoms with E-state index in [9.17, 15) is 5.11 Å². The van der Waals surface area contributed by atoms with Crippen LogP contribution in [0.15, 0.2) is 40.9 Å². The lowest BCUT2D eigenvalue weighted by Gasteiger charge is -2.60. The topological polar surface area (TPSA) is 50.7 Å². The number of benzene rings is 2. The molecule has 32 heavy (non-hydrogen) atoms. The average molecular weight is 521 g/mol. The maximum Gasteiger partial charge on any atom is 0.175 e. The predicted octanol–water partition coefficient (Wildman–Crippen LogP) is 6.25. The fourth-order valence-corrected chi connectivity index (χ4v) is 7.40. The van der Waals surface area contributed by atoms with Gasteiger partial charge in [-0.05, 0) is 97.0 Å². The van der Waals surface area contributed by atoms with Crippen LogP contribution in [0.2, 0.25) is 5.02 Å². The summed E-state index contributed by atoms with van der Waals surface area (Å²) in [5, 5.41) is 15.6. The molecule has 0 aliphatic heterocycles. The largest absolute Gasteiger partial charge is 0.490 e. The Morgan fingerprint density at radius 3 is 2.56 bits per heavy atom. The highest BCUT2D eigenvalue weighted by Gasteiger charge is 2.56. The lowest BCUT2D eigenvalue weighted by atomic mass is 9.51. The molecule has 0 heterocycles. The molecular formula is C26H31BrClNO3. The van der Waals surface area contributed by atoms with Crippen LogP contribution in [0.1, 0.15) is 56.6 Å². The molecule has 0 aromatic heterocycles. The lowest BCUT2D eigenvalue weighted by molar-refractivity contribution is -0.142. The van der Waals surface area contributed by atoms with E-state index in [1.807, 2.05) is 31.2 Å². The first kappa shape index (κ1) is 22.5. The highest BCUT2D eigenvalue weighted by atomic mass is 79.9. The summed E-state index contributed by atoms with van der Waals surface area (Å²) >= 11 is 9.98. The highest BCUT2D eigenvalue weighted by molar-refractivity contribution is 9.10. The van der Waals surface area contributed by atoms with Gasteiger partial charge in [0.1, 0.15) is 6.61 Å². The smallest absolute Gasteiger partial charge is 0.175 e. The van der Waals surface area contributed by atoms with Gasteiger partial charge >= 0.3 is 0 Å². The third-order valence-electron chi connectivity index (χ3n) is 7.40. The molecule has 0 radical (unpaired) electrons. The van der Waals surface area contributed by atoms with E-state index in [1.54, 1.807) is 0 Å². The second kappa shape index (κ2) is 8.83. The van der Waals surface area contributed by atoms with Gasteiger partial charge in [0.2, 0.25) is 0 Å². The Bertz CT molecular complexity index is 983. The van der Waals surface area contributed by atoms with Crippen LogP contribution in [-0.2, 0) is 13.2 Å². The van der Waals surface area contributed by atoms with Gasteiger partial charge in [0.25, 0.3) is 0 Å². The van der Waals surface area contributed by atoms with Gasteiger partial charge < -0.3 is 19.9 Å². The number of rotatable bonds is 8. The van der Waals surface area contributed by atoms with E-state index in [4.69, 9.17) is 21.1 Å². The van der Waals surface area contributed by atoms with Crippen molar-refractivity contribution in [1.82, 2.24) is 5.32 Å². The molecular weight excluding hydrogens is 490 g/mol. The molecule has 4 nitrogen and oxygen atoms in total. The molecule has 2 atom stereocenters. The molecule has 4 saturated carbocycles. The number of nitrogens with one attached hydrogen (secondary N) is 1. The minimum atomic E-state index is -0.454. The lowest BCUT2D eigenvalue weighted by Crippen LogP contribution is -2.64. The van der Waals surface area contributed by atoms with Gasteiger partial charge in [0, 0.05) is 22.7 Å². The van der Waals surface area contributed by atoms with Crippen molar-refractivity contribution in [2.45, 2.75) is 69.7 Å². The average Bonchev–Trinajstić information content (AvgIpc) is 2.71. The Kier molecular flexibility index (Phi) is 6.21. The molecule has 2 aromatic rings. The van der Waals surface area contributed by atoms with E-state index < -0.39 is 5.60 Å². The van der Waals surface area contributed by atoms with Gasteiger partial charge in [-0.3, -0.25) is 0 Å². The first-order chi connectivity index (χ1) is 15.4. The van der Waals surface area contributed by atoms with Gasteiger partial charge in [-0.25, -0.2) is 0 Å². The second-order valence-electron chi connectivity index (χ2n) is 10.0. The van der Waals surface area contributed by atoms with E-state index in [2.05, 4.69) is 33.4 Å². The van der Waals surface area contributed by atoms with Crippen molar-refractivity contribution in [3.05, 3.63) is 57.0 Å². The van der Waals surface area contributed by atoms with Crippen LogP contribution >= 0.6 is 27.5 Å². The molecule has 6 rings (SSSR count). The molecule has 2 aromatic carbocycles. The van der Waals surface area contributed by atoms with Crippen molar-refractivity contribution in [3.8, 4) is 11.5 Å². The maximum absolute atomic E-state index is 11.0. The van der Waals surface area contributed by atoms with E-state index >= 15 is 0 Å². The maximum atomic E-state index is 11.0. The van der Waals surface area contributed by atoms with Crippen LogP contribution in [0, 0.1) is 11.8 Å². The summed E-state index contributed by atoms with van der Waals surface area (Å²) in [4.78, 5) is 0. The normalized spacial score (nSPS) is 30.5. The number of aliphatic hydroxyl groups is 1. The third kappa shape index (κ3) is 4.54. The molecule has 0 saturated heterocycles. The number of hydrogen-bond donors (Lipinski definition) is 2. The molecule has 6 heteroatoms. The molecule has 4 fully saturated rings. The minimum Gasteiger partial charge on any atom is -0.490 e. The van der Waals surface area contributed by atoms with E-state index in [0.29, 0.717) is 35.8 Å². The summed E-state index contributed by atoms with van der Waals surface area (Å²) in [7, 11) is 0. The molecule has 4 aliphatic carbocycles. The Balaban J connectivity index is 1.31. The molecule has 172 valence electrons. The van der Waals surface area contributed by atoms with E-state index in [-0.39, 0.29) is 5.54 Å². The quantitative estimate of drug-likeness (QED) is 0.432. The SMILES string of the molecule is CCOc1cc(CNC23CC4CC(CC(O)(C4)C2)C3)cc(Br)c1OCc1ccccc1Cl. The summed E-state index contributed by atoms with van der Waals surface area (Å²) in [6.07, 6.45) is 6.53. The summed E-state index contributed by atoms with van der Waals surface area (Å²) < 4.78 is 12.9. The van der Waals surface area contributed by atoms with Crippen molar-refractivity contribution in [1.29, 1.82) is 0 Å². The Labute approximate surface area is 203 Å². The van der Waals surface area contributed by atoms with Crippen LogP contribution in [0.25, 0.3) is 0 Å². The van der Waals surface area contributed by atoms with Gasteiger partial charge in [0.15, 0.2) is 11.5 Å². The molecule has 2 N–H and O–H groups in total. The second-order valence-corrected chi connectivity index (χ2v) is 11.3. The van der Waals surface area contributed by atoms with Crippen molar-refractivity contribution in [2.75, 3.05) is 6.61 Å². The van der Waals surface area contributed by atoms with Gasteiger partial charge in [-0.1, -0.05) is 29.8 Å². The number of ether oxygens (including phenoxy) is 2. The van der Waals surface area contributed by atoms with Crippen molar-refractivity contribution < 1.29 is 14.6 Å². The third-order valence-corrected chi connectivity index (χ3v) is 8.35. The van der Waals surface area contributed by atoms with Crippen LogP contribution in [0.5, 0.6) is 11.5 Å². The number of halogens is 2. The molecule has 2 unspecified atom stereocenters. The zero-order chi connectivity index (χ0) is 22.3. The first-order valence-corrected chi connectivity index (χ1v) is 12.8. The molecule has 4 bridgehead atoms. The number of hydrogen-bond acceptors (Lipinski definition) is 4. The fourth-order valence-electron chi connectivity index (χ4n) is 6.60. The Morgan fingerprint density at radius 1 is 1.12 bits per heavy atom. The summed E-state index contributed by atoms with van der Waals surface area (Å²) in [6, 6.07) is 11.9. The standard InChI is InChI=1S/C26H31BrClNO3/c1-2-31-23-9-17(8-21(27)24(23)32-15-20-5-3-4-6-22(20)28)14-29-25-10-18-7-19(11-25)13-26(30,12-18)16-25/h3-6,8-9,18-19,29-30H,2,7,10-16H2,1H3. The minimum absolute atomic E-state index is 0.0658. The van der Waals surface area contributed by atoms with Crippen LogP contribution in [0.3, 0.4) is 0 Å². The monoisotopic (exact) mass is 519 g/mol. The van der Waals surface area contributed by atoms with Crippen LogP contribution in [-0.4, -0.2) is 22.9 Å². The van der Waals surface area contributed by atoms with Crippen LogP contribution in [0.4, 0.5) is 0 Å². The summed E-state index contributed by atoms with van der Waals surface area (Å²) in [6.45, 7) is 3.66. The van der Waals surface area contributed by atoms with Crippen LogP contribution < -0.4 is 14.8 Å².